The highest BCUT2D eigenvalue weighted by Gasteiger charge is 2.11. The Morgan fingerprint density at radius 2 is 2.10 bits per heavy atom. The van der Waals surface area contributed by atoms with Crippen molar-refractivity contribution in [2.75, 3.05) is 18.9 Å². The SMILES string of the molecule is CCOC(=O)CCNC(=O)c1cc(N)c2ccccc2n1. The molecule has 110 valence electrons. The largest absolute Gasteiger partial charge is 0.466 e. The van der Waals surface area contributed by atoms with Gasteiger partial charge < -0.3 is 15.8 Å². The van der Waals surface area contributed by atoms with E-state index in [0.29, 0.717) is 17.8 Å². The Bertz CT molecular complexity index is 670. The number of fused-ring (bicyclic) bond motifs is 1. The highest BCUT2D eigenvalue weighted by Crippen LogP contribution is 2.19. The third-order valence-electron chi connectivity index (χ3n) is 2.90. The summed E-state index contributed by atoms with van der Waals surface area (Å²) in [5.74, 6) is -0.708. The summed E-state index contributed by atoms with van der Waals surface area (Å²) in [6.45, 7) is 2.26. The van der Waals surface area contributed by atoms with Crippen LogP contribution in [0.2, 0.25) is 0 Å². The molecule has 0 radical (unpaired) electrons. The second-order valence-corrected chi connectivity index (χ2v) is 4.42. The average molecular weight is 287 g/mol. The Morgan fingerprint density at radius 1 is 1.33 bits per heavy atom. The maximum Gasteiger partial charge on any atom is 0.307 e. The smallest absolute Gasteiger partial charge is 0.307 e. The van der Waals surface area contributed by atoms with E-state index in [1.54, 1.807) is 13.0 Å². The second-order valence-electron chi connectivity index (χ2n) is 4.42. The van der Waals surface area contributed by atoms with Crippen LogP contribution < -0.4 is 11.1 Å². The van der Waals surface area contributed by atoms with Crippen molar-refractivity contribution in [3.05, 3.63) is 36.0 Å². The molecule has 2 rings (SSSR count). The third-order valence-corrected chi connectivity index (χ3v) is 2.90. The van der Waals surface area contributed by atoms with Gasteiger partial charge in [0.25, 0.3) is 5.91 Å². The van der Waals surface area contributed by atoms with Crippen LogP contribution in [0, 0.1) is 0 Å². The number of para-hydroxylation sites is 1. The zero-order valence-electron chi connectivity index (χ0n) is 11.8. The molecule has 6 heteroatoms. The monoisotopic (exact) mass is 287 g/mol. The van der Waals surface area contributed by atoms with Crippen molar-refractivity contribution in [2.45, 2.75) is 13.3 Å². The van der Waals surface area contributed by atoms with E-state index in [1.165, 1.54) is 6.07 Å². The fourth-order valence-corrected chi connectivity index (χ4v) is 1.92. The number of pyridine rings is 1. The highest BCUT2D eigenvalue weighted by atomic mass is 16.5. The number of benzene rings is 1. The Morgan fingerprint density at radius 3 is 2.86 bits per heavy atom. The van der Waals surface area contributed by atoms with Gasteiger partial charge in [0.1, 0.15) is 5.69 Å². The molecule has 0 fully saturated rings. The number of amides is 1. The van der Waals surface area contributed by atoms with Gasteiger partial charge in [-0.15, -0.1) is 0 Å². The van der Waals surface area contributed by atoms with Gasteiger partial charge in [-0.2, -0.15) is 0 Å². The van der Waals surface area contributed by atoms with E-state index in [2.05, 4.69) is 10.3 Å². The average Bonchev–Trinajstić information content (AvgIpc) is 2.47. The predicted octanol–water partition coefficient (Wildman–Crippen LogP) is 1.50. The van der Waals surface area contributed by atoms with Crippen LogP contribution >= 0.6 is 0 Å². The van der Waals surface area contributed by atoms with Gasteiger partial charge in [0.2, 0.25) is 0 Å². The minimum Gasteiger partial charge on any atom is -0.466 e. The molecule has 0 saturated carbocycles. The van der Waals surface area contributed by atoms with Crippen molar-refractivity contribution >= 4 is 28.5 Å². The number of nitrogens with zero attached hydrogens (tertiary/aromatic N) is 1. The lowest BCUT2D eigenvalue weighted by Crippen LogP contribution is -2.27. The van der Waals surface area contributed by atoms with Crippen LogP contribution in [-0.2, 0) is 9.53 Å². The van der Waals surface area contributed by atoms with Crippen LogP contribution in [0.5, 0.6) is 0 Å². The Kier molecular flexibility index (Phi) is 4.71. The standard InChI is InChI=1S/C15H17N3O3/c1-2-21-14(19)7-8-17-15(20)13-9-11(16)10-5-3-4-6-12(10)18-13/h3-6,9H,2,7-8H2,1H3,(H2,16,18)(H,17,20). The maximum absolute atomic E-state index is 12.0. The highest BCUT2D eigenvalue weighted by molar-refractivity contribution is 5.99. The number of hydrogen-bond acceptors (Lipinski definition) is 5. The van der Waals surface area contributed by atoms with E-state index in [-0.39, 0.29) is 30.5 Å². The quantitative estimate of drug-likeness (QED) is 0.813. The molecular formula is C15H17N3O3. The number of nitrogens with two attached hydrogens (primary N) is 1. The minimum absolute atomic E-state index is 0.128. The van der Waals surface area contributed by atoms with Crippen molar-refractivity contribution in [1.29, 1.82) is 0 Å². The topological polar surface area (TPSA) is 94.3 Å². The number of ether oxygens (including phenoxy) is 1. The molecule has 0 aliphatic carbocycles. The maximum atomic E-state index is 12.0. The molecule has 0 aliphatic heterocycles. The van der Waals surface area contributed by atoms with E-state index < -0.39 is 0 Å². The first kappa shape index (κ1) is 14.8. The summed E-state index contributed by atoms with van der Waals surface area (Å²) in [6.07, 6.45) is 0.128. The van der Waals surface area contributed by atoms with Crippen LogP contribution in [0.3, 0.4) is 0 Å². The number of nitrogen functional groups attached to an aromatic ring is 1. The van der Waals surface area contributed by atoms with Gasteiger partial charge in [0, 0.05) is 17.6 Å². The molecule has 21 heavy (non-hydrogen) atoms. The van der Waals surface area contributed by atoms with Crippen molar-refractivity contribution in [2.24, 2.45) is 0 Å². The number of anilines is 1. The molecule has 0 aliphatic rings. The third kappa shape index (κ3) is 3.68. The van der Waals surface area contributed by atoms with E-state index >= 15 is 0 Å². The molecule has 0 bridgehead atoms. The zero-order chi connectivity index (χ0) is 15.2. The molecule has 2 aromatic rings. The first-order chi connectivity index (χ1) is 10.1. The second kappa shape index (κ2) is 6.69. The summed E-state index contributed by atoms with van der Waals surface area (Å²) in [4.78, 5) is 27.4. The van der Waals surface area contributed by atoms with Crippen molar-refractivity contribution < 1.29 is 14.3 Å². The normalized spacial score (nSPS) is 10.3. The van der Waals surface area contributed by atoms with E-state index in [1.807, 2.05) is 18.2 Å². The fourth-order valence-electron chi connectivity index (χ4n) is 1.92. The summed E-state index contributed by atoms with van der Waals surface area (Å²) >= 11 is 0. The predicted molar refractivity (Wildman–Crippen MR) is 79.7 cm³/mol. The molecule has 1 aromatic heterocycles. The molecule has 1 aromatic carbocycles. The van der Waals surface area contributed by atoms with E-state index in [0.717, 1.165) is 5.39 Å². The van der Waals surface area contributed by atoms with Gasteiger partial charge in [-0.3, -0.25) is 9.59 Å². The summed E-state index contributed by atoms with van der Waals surface area (Å²) in [5, 5.41) is 3.43. The van der Waals surface area contributed by atoms with Gasteiger partial charge >= 0.3 is 5.97 Å². The van der Waals surface area contributed by atoms with Gasteiger partial charge in [-0.25, -0.2) is 4.98 Å². The van der Waals surface area contributed by atoms with Crippen LogP contribution in [0.1, 0.15) is 23.8 Å². The van der Waals surface area contributed by atoms with Gasteiger partial charge in [-0.1, -0.05) is 18.2 Å². The summed E-state index contributed by atoms with van der Waals surface area (Å²) in [6, 6.07) is 8.86. The molecule has 0 atom stereocenters. The van der Waals surface area contributed by atoms with Crippen molar-refractivity contribution in [1.82, 2.24) is 10.3 Å². The van der Waals surface area contributed by atoms with Crippen LogP contribution in [-0.4, -0.2) is 30.0 Å². The zero-order valence-corrected chi connectivity index (χ0v) is 11.8. The molecule has 1 amide bonds. The number of hydrogen-bond donors (Lipinski definition) is 2. The fraction of sp³-hybridized carbons (Fsp3) is 0.267. The molecule has 6 nitrogen and oxygen atoms in total. The van der Waals surface area contributed by atoms with Crippen LogP contribution in [0.4, 0.5) is 5.69 Å². The lowest BCUT2D eigenvalue weighted by molar-refractivity contribution is -0.142. The van der Waals surface area contributed by atoms with E-state index in [9.17, 15) is 9.59 Å². The van der Waals surface area contributed by atoms with Crippen LogP contribution in [0.15, 0.2) is 30.3 Å². The van der Waals surface area contributed by atoms with E-state index in [4.69, 9.17) is 10.5 Å². The summed E-state index contributed by atoms with van der Waals surface area (Å²) < 4.78 is 4.78. The molecule has 0 unspecified atom stereocenters. The summed E-state index contributed by atoms with van der Waals surface area (Å²) in [7, 11) is 0. The Hall–Kier alpha value is -2.63. The lowest BCUT2D eigenvalue weighted by atomic mass is 10.1. The number of aromatic nitrogens is 1. The van der Waals surface area contributed by atoms with Crippen molar-refractivity contribution in [3.8, 4) is 0 Å². The first-order valence-electron chi connectivity index (χ1n) is 6.71. The van der Waals surface area contributed by atoms with Gasteiger partial charge in [-0.05, 0) is 19.1 Å². The Balaban J connectivity index is 2.04. The molecule has 1 heterocycles. The minimum atomic E-state index is -0.364. The van der Waals surface area contributed by atoms with Gasteiger partial charge in [0.05, 0.1) is 18.5 Å². The number of rotatable bonds is 5. The van der Waals surface area contributed by atoms with Crippen molar-refractivity contribution in [3.63, 3.8) is 0 Å². The Labute approximate surface area is 122 Å². The van der Waals surface area contributed by atoms with Gasteiger partial charge in [0.15, 0.2) is 0 Å². The number of carbonyl (C=O) groups is 2. The molecular weight excluding hydrogens is 270 g/mol. The van der Waals surface area contributed by atoms with Crippen LogP contribution in [0.25, 0.3) is 10.9 Å². The molecule has 3 N–H and O–H groups in total. The molecule has 0 saturated heterocycles. The number of esters is 1. The summed E-state index contributed by atoms with van der Waals surface area (Å²) in [5.41, 5.74) is 7.31. The number of carbonyl (C=O) groups excluding carboxylic acids is 2. The number of nitrogens with one attached hydrogen (secondary N) is 1. The molecule has 0 spiro atoms. The first-order valence-corrected chi connectivity index (χ1v) is 6.71. The lowest BCUT2D eigenvalue weighted by Gasteiger charge is -2.07.